The average Bonchev–Trinajstić information content (AvgIpc) is 2.59. The van der Waals surface area contributed by atoms with Crippen molar-refractivity contribution in [3.8, 4) is 6.07 Å². The van der Waals surface area contributed by atoms with Crippen molar-refractivity contribution in [2.24, 2.45) is 0 Å². The molecule has 0 aliphatic heterocycles. The number of thiazole rings is 1. The molecule has 5 heteroatoms. The molecule has 68 valence electrons. The molecule has 1 aromatic heterocycles. The van der Waals surface area contributed by atoms with Gasteiger partial charge in [0.1, 0.15) is 5.01 Å². The maximum absolute atomic E-state index is 11.2. The predicted octanol–water partition coefficient (Wildman–Crippen LogP) is 1.31. The van der Waals surface area contributed by atoms with Gasteiger partial charge in [0, 0.05) is 11.6 Å². The van der Waals surface area contributed by atoms with Gasteiger partial charge >= 0.3 is 5.97 Å². The van der Waals surface area contributed by atoms with Crippen molar-refractivity contribution in [2.45, 2.75) is 12.8 Å². The van der Waals surface area contributed by atoms with Crippen molar-refractivity contribution >= 4 is 17.3 Å². The Labute approximate surface area is 79.8 Å². The molecule has 0 radical (unpaired) electrons. The summed E-state index contributed by atoms with van der Waals surface area (Å²) in [6.45, 7) is 1.98. The van der Waals surface area contributed by atoms with Crippen LogP contribution in [0.3, 0.4) is 0 Å². The summed E-state index contributed by atoms with van der Waals surface area (Å²) in [5.74, 6) is -1.40. The minimum Gasteiger partial charge on any atom is -0.465 e. The lowest BCUT2D eigenvalue weighted by Gasteiger charge is -2.03. The van der Waals surface area contributed by atoms with Gasteiger partial charge in [-0.15, -0.1) is 11.3 Å². The number of carbonyl (C=O) groups excluding carboxylic acids is 1. The predicted molar refractivity (Wildman–Crippen MR) is 47.1 cm³/mol. The van der Waals surface area contributed by atoms with E-state index in [2.05, 4.69) is 4.98 Å². The van der Waals surface area contributed by atoms with Gasteiger partial charge in [0.2, 0.25) is 0 Å². The summed E-state index contributed by atoms with van der Waals surface area (Å²) in [5.41, 5.74) is 0. The number of ether oxygens (including phenoxy) is 1. The first-order valence-electron chi connectivity index (χ1n) is 3.75. The molecule has 0 saturated heterocycles. The highest BCUT2D eigenvalue weighted by molar-refractivity contribution is 7.09. The largest absolute Gasteiger partial charge is 0.465 e. The topological polar surface area (TPSA) is 63.0 Å². The molecule has 1 heterocycles. The van der Waals surface area contributed by atoms with Crippen LogP contribution in [0.15, 0.2) is 11.6 Å². The van der Waals surface area contributed by atoms with E-state index in [0.717, 1.165) is 0 Å². The van der Waals surface area contributed by atoms with Crippen LogP contribution in [0.5, 0.6) is 0 Å². The molecule has 13 heavy (non-hydrogen) atoms. The van der Waals surface area contributed by atoms with Crippen molar-refractivity contribution in [2.75, 3.05) is 6.61 Å². The molecule has 0 amide bonds. The summed E-state index contributed by atoms with van der Waals surface area (Å²) in [6, 6.07) is 1.86. The molecular weight excluding hydrogens is 188 g/mol. The normalized spacial score (nSPS) is 11.7. The number of hydrogen-bond acceptors (Lipinski definition) is 5. The zero-order chi connectivity index (χ0) is 9.68. The third kappa shape index (κ3) is 2.26. The van der Waals surface area contributed by atoms with Gasteiger partial charge in [-0.25, -0.2) is 4.98 Å². The van der Waals surface area contributed by atoms with Gasteiger partial charge in [-0.2, -0.15) is 5.26 Å². The van der Waals surface area contributed by atoms with Crippen LogP contribution in [-0.4, -0.2) is 17.6 Å². The SMILES string of the molecule is CCOC(=O)C(C#N)c1nccs1. The summed E-state index contributed by atoms with van der Waals surface area (Å²) in [7, 11) is 0. The maximum atomic E-state index is 11.2. The Morgan fingerprint density at radius 2 is 2.69 bits per heavy atom. The Bertz CT molecular complexity index is 315. The molecule has 0 saturated carbocycles. The Morgan fingerprint density at radius 1 is 1.92 bits per heavy atom. The average molecular weight is 196 g/mol. The summed E-state index contributed by atoms with van der Waals surface area (Å²) >= 11 is 1.28. The fourth-order valence-electron chi connectivity index (χ4n) is 0.811. The van der Waals surface area contributed by atoms with E-state index in [0.29, 0.717) is 5.01 Å². The second-order valence-corrected chi connectivity index (χ2v) is 3.11. The highest BCUT2D eigenvalue weighted by atomic mass is 32.1. The lowest BCUT2D eigenvalue weighted by molar-refractivity contribution is -0.143. The number of nitriles is 1. The van der Waals surface area contributed by atoms with Gasteiger partial charge in [-0.3, -0.25) is 4.79 Å². The van der Waals surface area contributed by atoms with Gasteiger partial charge in [0.05, 0.1) is 12.7 Å². The summed E-state index contributed by atoms with van der Waals surface area (Å²) in [6.07, 6.45) is 1.56. The lowest BCUT2D eigenvalue weighted by Crippen LogP contribution is -2.14. The van der Waals surface area contributed by atoms with E-state index in [4.69, 9.17) is 10.00 Å². The van der Waals surface area contributed by atoms with Crippen molar-refractivity contribution < 1.29 is 9.53 Å². The number of carbonyl (C=O) groups is 1. The van der Waals surface area contributed by atoms with Crippen molar-refractivity contribution in [3.63, 3.8) is 0 Å². The molecule has 0 aliphatic carbocycles. The number of esters is 1. The minimum atomic E-state index is -0.875. The van der Waals surface area contributed by atoms with Gasteiger partial charge in [-0.05, 0) is 6.92 Å². The van der Waals surface area contributed by atoms with E-state index in [1.165, 1.54) is 11.3 Å². The quantitative estimate of drug-likeness (QED) is 0.684. The van der Waals surface area contributed by atoms with E-state index in [1.54, 1.807) is 18.5 Å². The van der Waals surface area contributed by atoms with Crippen LogP contribution < -0.4 is 0 Å². The van der Waals surface area contributed by atoms with E-state index in [-0.39, 0.29) is 6.61 Å². The lowest BCUT2D eigenvalue weighted by atomic mass is 10.2. The van der Waals surface area contributed by atoms with Crippen LogP contribution in [0.25, 0.3) is 0 Å². The van der Waals surface area contributed by atoms with Crippen LogP contribution in [0.2, 0.25) is 0 Å². The van der Waals surface area contributed by atoms with Gasteiger partial charge in [-0.1, -0.05) is 0 Å². The highest BCUT2D eigenvalue weighted by Gasteiger charge is 2.23. The number of nitrogens with zero attached hydrogens (tertiary/aromatic N) is 2. The molecule has 1 aromatic rings. The number of hydrogen-bond donors (Lipinski definition) is 0. The summed E-state index contributed by atoms with van der Waals surface area (Å²) in [4.78, 5) is 15.1. The Hall–Kier alpha value is -1.41. The van der Waals surface area contributed by atoms with Crippen LogP contribution in [0, 0.1) is 11.3 Å². The van der Waals surface area contributed by atoms with E-state index < -0.39 is 11.9 Å². The molecular formula is C8H8N2O2S. The first kappa shape index (κ1) is 9.68. The van der Waals surface area contributed by atoms with Crippen LogP contribution in [-0.2, 0) is 9.53 Å². The monoisotopic (exact) mass is 196 g/mol. The second kappa shape index (κ2) is 4.58. The van der Waals surface area contributed by atoms with Crippen molar-refractivity contribution in [1.29, 1.82) is 5.26 Å². The van der Waals surface area contributed by atoms with Crippen molar-refractivity contribution in [3.05, 3.63) is 16.6 Å². The molecule has 4 nitrogen and oxygen atoms in total. The molecule has 0 spiro atoms. The summed E-state index contributed by atoms with van der Waals surface area (Å²) < 4.78 is 4.72. The van der Waals surface area contributed by atoms with E-state index in [9.17, 15) is 4.79 Å². The van der Waals surface area contributed by atoms with Crippen molar-refractivity contribution in [1.82, 2.24) is 4.98 Å². The Morgan fingerprint density at radius 3 is 3.15 bits per heavy atom. The third-order valence-corrected chi connectivity index (χ3v) is 2.19. The van der Waals surface area contributed by atoms with Crippen LogP contribution in [0.4, 0.5) is 0 Å². The number of rotatable bonds is 3. The molecule has 0 aliphatic rings. The standard InChI is InChI=1S/C8H8N2O2S/c1-2-12-8(11)6(5-9)7-10-3-4-13-7/h3-4,6H,2H2,1H3. The first-order valence-corrected chi connectivity index (χ1v) is 4.63. The fourth-order valence-corrected chi connectivity index (χ4v) is 1.48. The molecule has 0 N–H and O–H groups in total. The molecule has 1 unspecified atom stereocenters. The fraction of sp³-hybridized carbons (Fsp3) is 0.375. The van der Waals surface area contributed by atoms with Crippen LogP contribution in [0.1, 0.15) is 17.8 Å². The minimum absolute atomic E-state index is 0.280. The van der Waals surface area contributed by atoms with E-state index in [1.807, 2.05) is 6.07 Å². The van der Waals surface area contributed by atoms with Gasteiger partial charge in [0.25, 0.3) is 0 Å². The molecule has 0 aromatic carbocycles. The molecule has 0 fully saturated rings. The van der Waals surface area contributed by atoms with Gasteiger partial charge < -0.3 is 4.74 Å². The zero-order valence-corrected chi connectivity index (χ0v) is 7.87. The molecule has 1 rings (SSSR count). The maximum Gasteiger partial charge on any atom is 0.330 e. The summed E-state index contributed by atoms with van der Waals surface area (Å²) in [5, 5.41) is 10.9. The smallest absolute Gasteiger partial charge is 0.330 e. The molecule has 0 bridgehead atoms. The second-order valence-electron chi connectivity index (χ2n) is 2.18. The number of aromatic nitrogens is 1. The molecule has 1 atom stereocenters. The zero-order valence-electron chi connectivity index (χ0n) is 7.06. The first-order chi connectivity index (χ1) is 6.29. The van der Waals surface area contributed by atoms with E-state index >= 15 is 0 Å². The van der Waals surface area contributed by atoms with Gasteiger partial charge in [0.15, 0.2) is 5.92 Å². The third-order valence-electron chi connectivity index (χ3n) is 1.35. The Balaban J connectivity index is 2.76. The highest BCUT2D eigenvalue weighted by Crippen LogP contribution is 2.18. The Kier molecular flexibility index (Phi) is 3.41. The van der Waals surface area contributed by atoms with Crippen LogP contribution >= 0.6 is 11.3 Å².